The molecule has 1 aliphatic carbocycles. The molecule has 1 amide bonds. The number of amides is 1. The van der Waals surface area contributed by atoms with Crippen LogP contribution in [0.4, 0.5) is 4.39 Å². The largest absolute Gasteiger partial charge is 0.452 e. The third-order valence-electron chi connectivity index (χ3n) is 3.34. The summed E-state index contributed by atoms with van der Waals surface area (Å²) in [4.78, 5) is 14.2. The van der Waals surface area contributed by atoms with Gasteiger partial charge in [-0.25, -0.2) is 4.39 Å². The standard InChI is InChI=1S/C15H13ClFNO2/c16-14-13(6-7-20-14)15(19)18(12-4-5-12)9-10-2-1-3-11(17)8-10/h1-3,6-8,12H,4-5,9H2. The number of benzene rings is 1. The van der Waals surface area contributed by atoms with Gasteiger partial charge in [-0.05, 0) is 48.2 Å². The van der Waals surface area contributed by atoms with E-state index in [-0.39, 0.29) is 23.0 Å². The Balaban J connectivity index is 1.83. The number of hydrogen-bond acceptors (Lipinski definition) is 2. The van der Waals surface area contributed by atoms with E-state index in [4.69, 9.17) is 16.0 Å². The maximum Gasteiger partial charge on any atom is 0.259 e. The molecule has 0 spiro atoms. The Morgan fingerprint density at radius 3 is 2.80 bits per heavy atom. The number of hydrogen-bond donors (Lipinski definition) is 0. The maximum atomic E-state index is 13.2. The van der Waals surface area contributed by atoms with Crippen LogP contribution in [-0.2, 0) is 6.54 Å². The van der Waals surface area contributed by atoms with Gasteiger partial charge in [-0.1, -0.05) is 12.1 Å². The van der Waals surface area contributed by atoms with Crippen LogP contribution in [0.1, 0.15) is 28.8 Å². The molecule has 0 radical (unpaired) electrons. The van der Waals surface area contributed by atoms with Gasteiger partial charge < -0.3 is 9.32 Å². The highest BCUT2D eigenvalue weighted by atomic mass is 35.5. The van der Waals surface area contributed by atoms with E-state index in [9.17, 15) is 9.18 Å². The average Bonchev–Trinajstić information content (AvgIpc) is 3.17. The minimum atomic E-state index is -0.299. The highest BCUT2D eigenvalue weighted by Gasteiger charge is 2.34. The van der Waals surface area contributed by atoms with Crippen molar-refractivity contribution < 1.29 is 13.6 Å². The Kier molecular flexibility index (Phi) is 3.49. The zero-order valence-electron chi connectivity index (χ0n) is 10.7. The van der Waals surface area contributed by atoms with Crippen LogP contribution in [0.3, 0.4) is 0 Å². The Labute approximate surface area is 120 Å². The van der Waals surface area contributed by atoms with Crippen LogP contribution >= 0.6 is 11.6 Å². The van der Waals surface area contributed by atoms with Crippen molar-refractivity contribution in [3.8, 4) is 0 Å². The first-order valence-corrected chi connectivity index (χ1v) is 6.81. The lowest BCUT2D eigenvalue weighted by atomic mass is 10.2. The van der Waals surface area contributed by atoms with Gasteiger partial charge in [0.15, 0.2) is 0 Å². The fourth-order valence-corrected chi connectivity index (χ4v) is 2.38. The van der Waals surface area contributed by atoms with Crippen molar-refractivity contribution in [1.82, 2.24) is 4.90 Å². The molecule has 0 aliphatic heterocycles. The fraction of sp³-hybridized carbons (Fsp3) is 0.267. The van der Waals surface area contributed by atoms with Crippen LogP contribution in [-0.4, -0.2) is 16.8 Å². The van der Waals surface area contributed by atoms with Gasteiger partial charge in [0.2, 0.25) is 5.22 Å². The summed E-state index contributed by atoms with van der Waals surface area (Å²) < 4.78 is 18.2. The van der Waals surface area contributed by atoms with Crippen LogP contribution in [0.5, 0.6) is 0 Å². The number of carbonyl (C=O) groups is 1. The predicted molar refractivity (Wildman–Crippen MR) is 73.0 cm³/mol. The summed E-state index contributed by atoms with van der Waals surface area (Å²) in [5, 5.41) is 0.0971. The van der Waals surface area contributed by atoms with Gasteiger partial charge in [-0.3, -0.25) is 4.79 Å². The highest BCUT2D eigenvalue weighted by molar-refractivity contribution is 6.32. The quantitative estimate of drug-likeness (QED) is 0.857. The van der Waals surface area contributed by atoms with Crippen molar-refractivity contribution >= 4 is 17.5 Å². The molecule has 0 unspecified atom stereocenters. The molecule has 0 atom stereocenters. The summed E-state index contributed by atoms with van der Waals surface area (Å²) in [6, 6.07) is 8.05. The smallest absolute Gasteiger partial charge is 0.259 e. The second kappa shape index (κ2) is 5.29. The molecule has 1 fully saturated rings. The molecule has 2 aromatic rings. The molecule has 3 nitrogen and oxygen atoms in total. The molecule has 20 heavy (non-hydrogen) atoms. The van der Waals surface area contributed by atoms with Crippen molar-refractivity contribution in [2.75, 3.05) is 0 Å². The van der Waals surface area contributed by atoms with Gasteiger partial charge in [-0.2, -0.15) is 0 Å². The van der Waals surface area contributed by atoms with Gasteiger partial charge in [0.05, 0.1) is 11.8 Å². The number of rotatable bonds is 4. The third-order valence-corrected chi connectivity index (χ3v) is 3.63. The molecule has 1 saturated carbocycles. The molecule has 1 aromatic heterocycles. The van der Waals surface area contributed by atoms with Crippen LogP contribution in [0, 0.1) is 5.82 Å². The van der Waals surface area contributed by atoms with E-state index in [0.29, 0.717) is 12.1 Å². The number of carbonyl (C=O) groups excluding carboxylic acids is 1. The Hall–Kier alpha value is -1.81. The lowest BCUT2D eigenvalue weighted by Gasteiger charge is -2.22. The van der Waals surface area contributed by atoms with E-state index in [2.05, 4.69) is 0 Å². The van der Waals surface area contributed by atoms with Crippen molar-refractivity contribution in [1.29, 1.82) is 0 Å². The second-order valence-corrected chi connectivity index (χ2v) is 5.25. The van der Waals surface area contributed by atoms with Crippen LogP contribution in [0.25, 0.3) is 0 Å². The summed E-state index contributed by atoms with van der Waals surface area (Å²) in [5.74, 6) is -0.470. The first kappa shape index (κ1) is 13.2. The topological polar surface area (TPSA) is 33.5 Å². The molecule has 1 aliphatic rings. The molecule has 5 heteroatoms. The fourth-order valence-electron chi connectivity index (χ4n) is 2.19. The van der Waals surface area contributed by atoms with Gasteiger partial charge >= 0.3 is 0 Å². The van der Waals surface area contributed by atoms with Gasteiger partial charge in [0.1, 0.15) is 5.82 Å². The van der Waals surface area contributed by atoms with Crippen molar-refractivity contribution in [3.05, 3.63) is 58.8 Å². The lowest BCUT2D eigenvalue weighted by Crippen LogP contribution is -2.32. The number of nitrogens with zero attached hydrogens (tertiary/aromatic N) is 1. The molecular formula is C15H13ClFNO2. The van der Waals surface area contributed by atoms with Crippen LogP contribution < -0.4 is 0 Å². The first-order chi connectivity index (χ1) is 9.65. The van der Waals surface area contributed by atoms with Crippen molar-refractivity contribution in [3.63, 3.8) is 0 Å². The van der Waals surface area contributed by atoms with E-state index in [1.54, 1.807) is 17.0 Å². The number of furan rings is 1. The summed E-state index contributed by atoms with van der Waals surface area (Å²) >= 11 is 5.86. The lowest BCUT2D eigenvalue weighted by molar-refractivity contribution is 0.0729. The molecule has 0 N–H and O–H groups in total. The molecule has 1 aromatic carbocycles. The van der Waals surface area contributed by atoms with E-state index in [0.717, 1.165) is 18.4 Å². The average molecular weight is 294 g/mol. The van der Waals surface area contributed by atoms with Crippen molar-refractivity contribution in [2.45, 2.75) is 25.4 Å². The molecular weight excluding hydrogens is 281 g/mol. The van der Waals surface area contributed by atoms with Crippen LogP contribution in [0.2, 0.25) is 5.22 Å². The Morgan fingerprint density at radius 2 is 2.20 bits per heavy atom. The number of halogens is 2. The molecule has 104 valence electrons. The van der Waals surface area contributed by atoms with E-state index < -0.39 is 0 Å². The SMILES string of the molecule is O=C(c1ccoc1Cl)N(Cc1cccc(F)c1)C1CC1. The summed E-state index contributed by atoms with van der Waals surface area (Å²) in [5.41, 5.74) is 1.12. The summed E-state index contributed by atoms with van der Waals surface area (Å²) in [6.45, 7) is 0.378. The minimum Gasteiger partial charge on any atom is -0.452 e. The van der Waals surface area contributed by atoms with Gasteiger partial charge in [0, 0.05) is 12.6 Å². The summed E-state index contributed by atoms with van der Waals surface area (Å²) in [7, 11) is 0. The predicted octanol–water partition coefficient (Wildman–Crippen LogP) is 3.88. The maximum absolute atomic E-state index is 13.2. The molecule has 0 saturated heterocycles. The molecule has 0 bridgehead atoms. The Bertz CT molecular complexity index is 636. The summed E-state index contributed by atoms with van der Waals surface area (Å²) in [6.07, 6.45) is 3.33. The van der Waals surface area contributed by atoms with Crippen molar-refractivity contribution in [2.24, 2.45) is 0 Å². The monoisotopic (exact) mass is 293 g/mol. The van der Waals surface area contributed by atoms with E-state index >= 15 is 0 Å². The Morgan fingerprint density at radius 1 is 1.40 bits per heavy atom. The van der Waals surface area contributed by atoms with Gasteiger partial charge in [0.25, 0.3) is 5.91 Å². The van der Waals surface area contributed by atoms with E-state index in [1.807, 2.05) is 6.07 Å². The molecule has 3 rings (SSSR count). The second-order valence-electron chi connectivity index (χ2n) is 4.90. The van der Waals surface area contributed by atoms with Crippen LogP contribution in [0.15, 0.2) is 41.0 Å². The first-order valence-electron chi connectivity index (χ1n) is 6.43. The highest BCUT2D eigenvalue weighted by Crippen LogP contribution is 2.31. The normalized spacial score (nSPS) is 14.3. The zero-order chi connectivity index (χ0) is 14.1. The van der Waals surface area contributed by atoms with E-state index in [1.165, 1.54) is 18.4 Å². The minimum absolute atomic E-state index is 0.0971. The third kappa shape index (κ3) is 2.70. The van der Waals surface area contributed by atoms with Gasteiger partial charge in [-0.15, -0.1) is 0 Å². The molecule has 1 heterocycles. The zero-order valence-corrected chi connectivity index (χ0v) is 11.4.